The molecule has 1 aliphatic heterocycles. The van der Waals surface area contributed by atoms with Crippen molar-refractivity contribution in [3.63, 3.8) is 0 Å². The Kier molecular flexibility index (Phi) is 6.79. The summed E-state index contributed by atoms with van der Waals surface area (Å²) in [4.78, 5) is 33.4. The lowest BCUT2D eigenvalue weighted by Gasteiger charge is -2.36. The van der Waals surface area contributed by atoms with Crippen LogP contribution < -0.4 is 10.2 Å². The second-order valence-corrected chi connectivity index (χ2v) is 9.39. The average Bonchev–Trinajstić information content (AvgIpc) is 3.39. The van der Waals surface area contributed by atoms with Crippen LogP contribution in [-0.2, 0) is 17.6 Å². The molecular weight excluding hydrogens is 450 g/mol. The van der Waals surface area contributed by atoms with Gasteiger partial charge in [-0.25, -0.2) is 4.98 Å². The average molecular weight is 480 g/mol. The summed E-state index contributed by atoms with van der Waals surface area (Å²) >= 11 is 0. The van der Waals surface area contributed by atoms with Crippen molar-refractivity contribution < 1.29 is 9.59 Å². The number of nitrogens with one attached hydrogen (secondary N) is 1. The van der Waals surface area contributed by atoms with Crippen LogP contribution in [0.5, 0.6) is 0 Å². The van der Waals surface area contributed by atoms with E-state index in [0.29, 0.717) is 49.5 Å². The Morgan fingerprint density at radius 2 is 1.67 bits per heavy atom. The number of amides is 1. The minimum Gasteiger partial charge on any atom is -0.353 e. The summed E-state index contributed by atoms with van der Waals surface area (Å²) < 4.78 is 0. The van der Waals surface area contributed by atoms with E-state index in [2.05, 4.69) is 33.3 Å². The number of piperazine rings is 1. The number of carbonyl (C=O) groups excluding carboxylic acids is 2. The van der Waals surface area contributed by atoms with E-state index in [1.807, 2.05) is 18.2 Å². The minimum atomic E-state index is -0.0845. The quantitative estimate of drug-likeness (QED) is 0.536. The molecule has 5 rings (SSSR count). The van der Waals surface area contributed by atoms with Gasteiger partial charge in [0.2, 0.25) is 5.91 Å². The first-order valence-electron chi connectivity index (χ1n) is 12.4. The van der Waals surface area contributed by atoms with E-state index >= 15 is 0 Å². The molecule has 0 bridgehead atoms. The molecule has 0 spiro atoms. The van der Waals surface area contributed by atoms with Crippen molar-refractivity contribution in [3.8, 4) is 17.3 Å². The van der Waals surface area contributed by atoms with E-state index in [4.69, 9.17) is 4.98 Å². The molecule has 2 aromatic carbocycles. The van der Waals surface area contributed by atoms with Gasteiger partial charge in [0.1, 0.15) is 11.9 Å². The van der Waals surface area contributed by atoms with E-state index in [0.717, 1.165) is 41.9 Å². The molecule has 2 heterocycles. The van der Waals surface area contributed by atoms with Gasteiger partial charge in [0.05, 0.1) is 17.8 Å². The number of nitriles is 1. The smallest absolute Gasteiger partial charge is 0.238 e. The number of rotatable bonds is 6. The van der Waals surface area contributed by atoms with Crippen LogP contribution in [0.3, 0.4) is 0 Å². The number of aromatic nitrogens is 1. The molecule has 1 saturated heterocycles. The van der Waals surface area contributed by atoms with Gasteiger partial charge >= 0.3 is 0 Å². The highest BCUT2D eigenvalue weighted by Crippen LogP contribution is 2.37. The van der Waals surface area contributed by atoms with E-state index in [1.54, 1.807) is 24.3 Å². The third kappa shape index (κ3) is 4.86. The number of nitrogens with zero attached hydrogens (tertiary/aromatic N) is 4. The van der Waals surface area contributed by atoms with Crippen molar-refractivity contribution in [2.75, 3.05) is 42.9 Å². The second-order valence-electron chi connectivity index (χ2n) is 9.39. The first-order chi connectivity index (χ1) is 17.5. The van der Waals surface area contributed by atoms with Crippen molar-refractivity contribution in [2.24, 2.45) is 0 Å². The van der Waals surface area contributed by atoms with Crippen LogP contribution in [0.2, 0.25) is 0 Å². The monoisotopic (exact) mass is 479 g/mol. The van der Waals surface area contributed by atoms with Gasteiger partial charge in [-0.2, -0.15) is 5.26 Å². The van der Waals surface area contributed by atoms with Crippen LogP contribution in [0.1, 0.15) is 40.4 Å². The molecule has 1 N–H and O–H groups in total. The topological polar surface area (TPSA) is 89.3 Å². The molecule has 7 nitrogen and oxygen atoms in total. The molecule has 0 unspecified atom stereocenters. The number of Topliss-reactive ketones (excluding diaryl/α,β-unsaturated/α-hetero) is 1. The first kappa shape index (κ1) is 23.7. The summed E-state index contributed by atoms with van der Waals surface area (Å²) in [5, 5.41) is 12.9. The van der Waals surface area contributed by atoms with Crippen molar-refractivity contribution in [2.45, 2.75) is 26.2 Å². The fraction of sp³-hybridized carbons (Fsp3) is 0.310. The fourth-order valence-electron chi connectivity index (χ4n) is 5.14. The number of benzene rings is 2. The molecular formula is C29H29N5O2. The number of ketones is 1. The van der Waals surface area contributed by atoms with E-state index in [1.165, 1.54) is 12.5 Å². The maximum absolute atomic E-state index is 12.6. The predicted octanol–water partition coefficient (Wildman–Crippen LogP) is 4.07. The Morgan fingerprint density at radius 3 is 2.33 bits per heavy atom. The summed E-state index contributed by atoms with van der Waals surface area (Å²) in [5.41, 5.74) is 6.46. The number of hydrogen-bond acceptors (Lipinski definition) is 6. The zero-order chi connectivity index (χ0) is 25.1. The largest absolute Gasteiger partial charge is 0.353 e. The Hall–Kier alpha value is -4.02. The van der Waals surface area contributed by atoms with Crippen LogP contribution in [0.15, 0.2) is 54.6 Å². The third-order valence-electron chi connectivity index (χ3n) is 7.02. The lowest BCUT2D eigenvalue weighted by molar-refractivity contribution is -0.117. The van der Waals surface area contributed by atoms with Crippen LogP contribution in [0, 0.1) is 11.3 Å². The highest BCUT2D eigenvalue weighted by atomic mass is 16.2. The molecule has 0 saturated carbocycles. The number of anilines is 2. The minimum absolute atomic E-state index is 0.000877. The van der Waals surface area contributed by atoms with Crippen LogP contribution in [0.4, 0.5) is 11.5 Å². The normalized spacial score (nSPS) is 15.3. The third-order valence-corrected chi connectivity index (χ3v) is 7.02. The predicted molar refractivity (Wildman–Crippen MR) is 140 cm³/mol. The van der Waals surface area contributed by atoms with Gasteiger partial charge in [-0.05, 0) is 61.6 Å². The Bertz CT molecular complexity index is 1320. The number of fused-ring (bicyclic) bond motifs is 1. The molecule has 182 valence electrons. The summed E-state index contributed by atoms with van der Waals surface area (Å²) in [6, 6.07) is 19.6. The van der Waals surface area contributed by atoms with Gasteiger partial charge in [0, 0.05) is 43.0 Å². The molecule has 2 aliphatic rings. The zero-order valence-electron chi connectivity index (χ0n) is 20.5. The zero-order valence-corrected chi connectivity index (χ0v) is 20.5. The summed E-state index contributed by atoms with van der Waals surface area (Å²) in [6.07, 6.45) is 2.93. The van der Waals surface area contributed by atoms with Gasteiger partial charge in [0.15, 0.2) is 5.78 Å². The van der Waals surface area contributed by atoms with E-state index in [-0.39, 0.29) is 11.7 Å². The standard InChI is InChI=1S/C29H29N5O2/c1-20(35)21-10-12-23(13-11-21)31-27(36)19-33-14-16-34(17-15-33)29-26(18-30)24-8-5-9-25(24)28(32-29)22-6-3-2-4-7-22/h2-4,6-7,10-13H,5,8-9,14-17,19H2,1H3,(H,31,36). The number of pyridine rings is 1. The van der Waals surface area contributed by atoms with E-state index < -0.39 is 0 Å². The molecule has 1 fully saturated rings. The fourth-order valence-corrected chi connectivity index (χ4v) is 5.14. The Morgan fingerprint density at radius 1 is 0.972 bits per heavy atom. The Balaban J connectivity index is 1.27. The molecule has 0 atom stereocenters. The lowest BCUT2D eigenvalue weighted by Crippen LogP contribution is -2.49. The lowest BCUT2D eigenvalue weighted by atomic mass is 9.98. The molecule has 1 aromatic heterocycles. The molecule has 7 heteroatoms. The van der Waals surface area contributed by atoms with Crippen molar-refractivity contribution in [3.05, 3.63) is 76.9 Å². The Labute approximate surface area is 211 Å². The van der Waals surface area contributed by atoms with Gasteiger partial charge < -0.3 is 10.2 Å². The number of hydrogen-bond donors (Lipinski definition) is 1. The second kappa shape index (κ2) is 10.3. The molecule has 1 aliphatic carbocycles. The molecule has 0 radical (unpaired) electrons. The maximum atomic E-state index is 12.6. The highest BCUT2D eigenvalue weighted by Gasteiger charge is 2.28. The summed E-state index contributed by atoms with van der Waals surface area (Å²) in [6.45, 7) is 4.64. The number of carbonyl (C=O) groups is 2. The van der Waals surface area contributed by atoms with Gasteiger partial charge in [-0.1, -0.05) is 30.3 Å². The van der Waals surface area contributed by atoms with Gasteiger partial charge in [-0.3, -0.25) is 14.5 Å². The van der Waals surface area contributed by atoms with Crippen LogP contribution in [-0.4, -0.2) is 54.3 Å². The first-order valence-corrected chi connectivity index (χ1v) is 12.4. The van der Waals surface area contributed by atoms with Gasteiger partial charge in [-0.15, -0.1) is 0 Å². The molecule has 36 heavy (non-hydrogen) atoms. The van der Waals surface area contributed by atoms with Crippen LogP contribution in [0.25, 0.3) is 11.3 Å². The molecule has 1 amide bonds. The van der Waals surface area contributed by atoms with Crippen molar-refractivity contribution in [1.82, 2.24) is 9.88 Å². The molecule has 3 aromatic rings. The van der Waals surface area contributed by atoms with Crippen LogP contribution >= 0.6 is 0 Å². The van der Waals surface area contributed by atoms with Gasteiger partial charge in [0.25, 0.3) is 0 Å². The summed E-state index contributed by atoms with van der Waals surface area (Å²) in [7, 11) is 0. The maximum Gasteiger partial charge on any atom is 0.238 e. The summed E-state index contributed by atoms with van der Waals surface area (Å²) in [5.74, 6) is 0.685. The van der Waals surface area contributed by atoms with Crippen molar-refractivity contribution in [1.29, 1.82) is 5.26 Å². The SMILES string of the molecule is CC(=O)c1ccc(NC(=O)CN2CCN(c3nc(-c4ccccc4)c4c(c3C#N)CCC4)CC2)cc1. The van der Waals surface area contributed by atoms with E-state index in [9.17, 15) is 14.9 Å². The van der Waals surface area contributed by atoms with Crippen molar-refractivity contribution >= 4 is 23.2 Å². The highest BCUT2D eigenvalue weighted by molar-refractivity contribution is 5.96.